The Balaban J connectivity index is 1.85. The third-order valence-corrected chi connectivity index (χ3v) is 4.86. The first-order chi connectivity index (χ1) is 5.36. The van der Waals surface area contributed by atoms with Crippen molar-refractivity contribution in [1.82, 2.24) is 10.6 Å². The molecular weight excluding hydrogens is 176 g/mol. The summed E-state index contributed by atoms with van der Waals surface area (Å²) in [6.45, 7) is 3.44. The molecule has 64 valence electrons. The van der Waals surface area contributed by atoms with Crippen LogP contribution in [0.25, 0.3) is 0 Å². The quantitative estimate of drug-likeness (QED) is 0.635. The van der Waals surface area contributed by atoms with E-state index in [0.29, 0.717) is 16.8 Å². The van der Waals surface area contributed by atoms with Gasteiger partial charge in [-0.1, -0.05) is 0 Å². The predicted octanol–water partition coefficient (Wildman–Crippen LogP) is 0.700. The lowest BCUT2D eigenvalue weighted by atomic mass is 10.4. The maximum Gasteiger partial charge on any atom is 0.0785 e. The zero-order chi connectivity index (χ0) is 7.68. The van der Waals surface area contributed by atoms with Gasteiger partial charge in [0.25, 0.3) is 0 Å². The van der Waals surface area contributed by atoms with Crippen molar-refractivity contribution < 1.29 is 0 Å². The van der Waals surface area contributed by atoms with Gasteiger partial charge in [-0.25, -0.2) is 0 Å². The fraction of sp³-hybridized carbons (Fsp3) is 1.00. The molecule has 0 radical (unpaired) electrons. The fourth-order valence-corrected chi connectivity index (χ4v) is 4.08. The topological polar surface area (TPSA) is 24.1 Å². The van der Waals surface area contributed by atoms with Crippen molar-refractivity contribution in [2.45, 2.75) is 23.7 Å². The molecule has 2 N–H and O–H groups in total. The molecule has 2 fully saturated rings. The Morgan fingerprint density at radius 1 is 1.27 bits per heavy atom. The normalized spacial score (nSPS) is 45.0. The molecule has 3 unspecified atom stereocenters. The molecule has 2 rings (SSSR count). The average Bonchev–Trinajstić information content (AvgIpc) is 2.55. The highest BCUT2D eigenvalue weighted by atomic mass is 32.2. The lowest BCUT2D eigenvalue weighted by Gasteiger charge is -2.17. The summed E-state index contributed by atoms with van der Waals surface area (Å²) in [5.74, 6) is 2.54. The van der Waals surface area contributed by atoms with Gasteiger partial charge in [0.15, 0.2) is 0 Å². The second kappa shape index (κ2) is 3.56. The van der Waals surface area contributed by atoms with Crippen molar-refractivity contribution in [2.75, 3.05) is 18.1 Å². The maximum absolute atomic E-state index is 3.58. The zero-order valence-corrected chi connectivity index (χ0v) is 8.30. The minimum atomic E-state index is 0.650. The number of hydrogen-bond donors (Lipinski definition) is 2. The summed E-state index contributed by atoms with van der Waals surface area (Å²) in [6.07, 6.45) is 0. The molecule has 4 heteroatoms. The largest absolute Gasteiger partial charge is 0.303 e. The van der Waals surface area contributed by atoms with Gasteiger partial charge in [-0.3, -0.25) is 5.32 Å². The van der Waals surface area contributed by atoms with Crippen molar-refractivity contribution in [2.24, 2.45) is 0 Å². The van der Waals surface area contributed by atoms with Crippen molar-refractivity contribution in [3.05, 3.63) is 0 Å². The average molecular weight is 190 g/mol. The summed E-state index contributed by atoms with van der Waals surface area (Å²) >= 11 is 4.10. The van der Waals surface area contributed by atoms with Crippen LogP contribution in [0.1, 0.15) is 6.92 Å². The first kappa shape index (κ1) is 8.23. The number of rotatable bonds is 1. The van der Waals surface area contributed by atoms with Gasteiger partial charge in [-0.15, -0.1) is 23.5 Å². The predicted molar refractivity (Wildman–Crippen MR) is 53.1 cm³/mol. The second-order valence-corrected chi connectivity index (χ2v) is 5.49. The smallest absolute Gasteiger partial charge is 0.0785 e. The molecular formula is C7H14N2S2. The van der Waals surface area contributed by atoms with Crippen LogP contribution in [-0.2, 0) is 0 Å². The van der Waals surface area contributed by atoms with E-state index in [-0.39, 0.29) is 0 Å². The molecule has 2 aliphatic rings. The van der Waals surface area contributed by atoms with E-state index < -0.39 is 0 Å². The van der Waals surface area contributed by atoms with Gasteiger partial charge < -0.3 is 5.32 Å². The van der Waals surface area contributed by atoms with Gasteiger partial charge >= 0.3 is 0 Å². The molecule has 0 bridgehead atoms. The Kier molecular flexibility index (Phi) is 2.66. The van der Waals surface area contributed by atoms with Crippen LogP contribution in [0, 0.1) is 0 Å². The van der Waals surface area contributed by atoms with Crippen molar-refractivity contribution in [3.63, 3.8) is 0 Å². The molecule has 0 spiro atoms. The first-order valence-corrected chi connectivity index (χ1v) is 6.18. The van der Waals surface area contributed by atoms with E-state index in [1.165, 1.54) is 18.1 Å². The van der Waals surface area contributed by atoms with Crippen LogP contribution in [0.2, 0.25) is 0 Å². The standard InChI is InChI=1S/C7H14N2S2/c1-5-4-11-7(9-5)6-8-2-3-10-6/h5-9H,2-4H2,1H3. The fourth-order valence-electron chi connectivity index (χ4n) is 1.44. The van der Waals surface area contributed by atoms with Crippen molar-refractivity contribution >= 4 is 23.5 Å². The maximum atomic E-state index is 3.58. The molecule has 0 aromatic carbocycles. The summed E-state index contributed by atoms with van der Waals surface area (Å²) in [5, 5.41) is 8.38. The molecule has 3 atom stereocenters. The van der Waals surface area contributed by atoms with Gasteiger partial charge in [-0.2, -0.15) is 0 Å². The lowest BCUT2D eigenvalue weighted by Crippen LogP contribution is -2.40. The summed E-state index contributed by atoms with van der Waals surface area (Å²) in [4.78, 5) is 0. The van der Waals surface area contributed by atoms with Gasteiger partial charge in [0.2, 0.25) is 0 Å². The summed E-state index contributed by atoms with van der Waals surface area (Å²) in [6, 6.07) is 0.702. The van der Waals surface area contributed by atoms with Crippen LogP contribution >= 0.6 is 23.5 Å². The number of thioether (sulfide) groups is 2. The van der Waals surface area contributed by atoms with Gasteiger partial charge in [-0.05, 0) is 6.92 Å². The summed E-state index contributed by atoms with van der Waals surface area (Å²) in [5.41, 5.74) is 0. The summed E-state index contributed by atoms with van der Waals surface area (Å²) in [7, 11) is 0. The van der Waals surface area contributed by atoms with Crippen LogP contribution in [0.3, 0.4) is 0 Å². The van der Waals surface area contributed by atoms with Crippen LogP contribution in [-0.4, -0.2) is 34.8 Å². The third-order valence-electron chi connectivity index (χ3n) is 1.99. The van der Waals surface area contributed by atoms with E-state index in [2.05, 4.69) is 29.3 Å². The highest BCUT2D eigenvalue weighted by molar-refractivity contribution is 8.04. The van der Waals surface area contributed by atoms with E-state index in [1.807, 2.05) is 11.8 Å². The van der Waals surface area contributed by atoms with Gasteiger partial charge in [0.1, 0.15) is 0 Å². The molecule has 11 heavy (non-hydrogen) atoms. The van der Waals surface area contributed by atoms with Crippen LogP contribution < -0.4 is 10.6 Å². The highest BCUT2D eigenvalue weighted by Crippen LogP contribution is 2.28. The van der Waals surface area contributed by atoms with Crippen LogP contribution in [0.15, 0.2) is 0 Å². The van der Waals surface area contributed by atoms with E-state index in [4.69, 9.17) is 0 Å². The molecule has 2 nitrogen and oxygen atoms in total. The third kappa shape index (κ3) is 1.86. The molecule has 0 saturated carbocycles. The van der Waals surface area contributed by atoms with E-state index in [9.17, 15) is 0 Å². The number of nitrogens with one attached hydrogen (secondary N) is 2. The molecule has 2 heterocycles. The molecule has 2 aliphatic heterocycles. The minimum absolute atomic E-state index is 0.650. The Morgan fingerprint density at radius 3 is 2.73 bits per heavy atom. The highest BCUT2D eigenvalue weighted by Gasteiger charge is 2.30. The minimum Gasteiger partial charge on any atom is -0.303 e. The molecule has 0 aromatic heterocycles. The monoisotopic (exact) mass is 190 g/mol. The van der Waals surface area contributed by atoms with Crippen molar-refractivity contribution in [3.8, 4) is 0 Å². The van der Waals surface area contributed by atoms with E-state index in [0.717, 1.165) is 0 Å². The summed E-state index contributed by atoms with van der Waals surface area (Å²) < 4.78 is 0. The molecule has 0 aromatic rings. The van der Waals surface area contributed by atoms with Crippen LogP contribution in [0.5, 0.6) is 0 Å². The van der Waals surface area contributed by atoms with Gasteiger partial charge in [0, 0.05) is 24.1 Å². The Hall–Kier alpha value is 0.620. The first-order valence-electron chi connectivity index (χ1n) is 4.09. The van der Waals surface area contributed by atoms with Gasteiger partial charge in [0.05, 0.1) is 10.7 Å². The second-order valence-electron chi connectivity index (χ2n) is 3.07. The Labute approximate surface area is 76.3 Å². The Bertz CT molecular complexity index is 136. The molecule has 0 amide bonds. The molecule has 2 saturated heterocycles. The van der Waals surface area contributed by atoms with Crippen molar-refractivity contribution in [1.29, 1.82) is 0 Å². The van der Waals surface area contributed by atoms with E-state index >= 15 is 0 Å². The van der Waals surface area contributed by atoms with Crippen LogP contribution in [0.4, 0.5) is 0 Å². The lowest BCUT2D eigenvalue weighted by molar-refractivity contribution is 0.553. The Morgan fingerprint density at radius 2 is 2.18 bits per heavy atom. The molecule has 0 aliphatic carbocycles. The SMILES string of the molecule is CC1CSC(C2NCCS2)N1. The number of hydrogen-bond acceptors (Lipinski definition) is 4. The zero-order valence-electron chi connectivity index (χ0n) is 6.67. The van der Waals surface area contributed by atoms with E-state index in [1.54, 1.807) is 0 Å².